The number of imidazole rings is 1. The third-order valence-electron chi connectivity index (χ3n) is 7.20. The first-order chi connectivity index (χ1) is 15.2. The lowest BCUT2D eigenvalue weighted by Gasteiger charge is -2.35. The van der Waals surface area contributed by atoms with E-state index in [1.54, 1.807) is 13.3 Å². The van der Waals surface area contributed by atoms with Crippen molar-refractivity contribution in [2.45, 2.75) is 51.0 Å². The van der Waals surface area contributed by atoms with E-state index in [-0.39, 0.29) is 6.10 Å². The first-order valence-corrected chi connectivity index (χ1v) is 11.6. The van der Waals surface area contributed by atoms with Gasteiger partial charge in [-0.2, -0.15) is 0 Å². The molecule has 3 aliphatic rings. The van der Waals surface area contributed by atoms with Crippen LogP contribution in [0, 0.1) is 11.8 Å². The number of rotatable bonds is 7. The molecule has 0 bridgehead atoms. The van der Waals surface area contributed by atoms with E-state index in [0.717, 1.165) is 56.3 Å². The van der Waals surface area contributed by atoms with Gasteiger partial charge in [0.05, 0.1) is 19.8 Å². The number of benzene rings is 1. The van der Waals surface area contributed by atoms with Gasteiger partial charge in [0.2, 0.25) is 0 Å². The van der Waals surface area contributed by atoms with E-state index in [2.05, 4.69) is 31.9 Å². The number of aromatic nitrogens is 2. The fourth-order valence-electron chi connectivity index (χ4n) is 5.61. The molecule has 2 N–H and O–H groups in total. The summed E-state index contributed by atoms with van der Waals surface area (Å²) in [5.74, 6) is 3.57. The number of aromatic amines is 1. The average Bonchev–Trinajstić information content (AvgIpc) is 3.52. The molecule has 1 saturated carbocycles. The zero-order valence-electron chi connectivity index (χ0n) is 18.4. The molecule has 3 fully saturated rings. The number of hydrogen-bond acceptors (Lipinski definition) is 6. The lowest BCUT2D eigenvalue weighted by Crippen LogP contribution is -2.42. The molecule has 5 rings (SSSR count). The molecule has 31 heavy (non-hydrogen) atoms. The Hall–Kier alpha value is -2.09. The molecule has 7 heteroatoms. The van der Waals surface area contributed by atoms with Gasteiger partial charge in [0.25, 0.3) is 0 Å². The minimum Gasteiger partial charge on any atom is -0.493 e. The van der Waals surface area contributed by atoms with Gasteiger partial charge < -0.3 is 19.6 Å². The molecule has 1 aromatic carbocycles. The second-order valence-electron chi connectivity index (χ2n) is 9.41. The highest BCUT2D eigenvalue weighted by Gasteiger charge is 2.43. The molecule has 2 aliphatic heterocycles. The molecule has 0 unspecified atom stereocenters. The predicted octanol–water partition coefficient (Wildman–Crippen LogP) is 2.66. The van der Waals surface area contributed by atoms with Gasteiger partial charge in [-0.3, -0.25) is 9.80 Å². The highest BCUT2D eigenvalue weighted by Crippen LogP contribution is 2.40. The summed E-state index contributed by atoms with van der Waals surface area (Å²) in [7, 11) is 1.69. The van der Waals surface area contributed by atoms with Crippen molar-refractivity contribution in [3.8, 4) is 11.5 Å². The number of likely N-dealkylation sites (tertiary alicyclic amines) is 2. The third kappa shape index (κ3) is 4.73. The van der Waals surface area contributed by atoms with Crippen LogP contribution in [-0.2, 0) is 13.1 Å². The molecule has 4 atom stereocenters. The fourth-order valence-corrected chi connectivity index (χ4v) is 5.61. The number of hydrogen-bond donors (Lipinski definition) is 2. The number of methoxy groups -OCH3 is 1. The maximum Gasteiger partial charge on any atom is 0.161 e. The molecule has 1 aliphatic carbocycles. The largest absolute Gasteiger partial charge is 0.493 e. The summed E-state index contributed by atoms with van der Waals surface area (Å²) in [4.78, 5) is 12.5. The van der Waals surface area contributed by atoms with Crippen LogP contribution in [0.15, 0.2) is 30.6 Å². The van der Waals surface area contributed by atoms with E-state index in [1.807, 2.05) is 12.3 Å². The van der Waals surface area contributed by atoms with E-state index in [4.69, 9.17) is 9.47 Å². The minimum atomic E-state index is -0.446. The Balaban J connectivity index is 1.21. The second kappa shape index (κ2) is 9.18. The van der Waals surface area contributed by atoms with Crippen LogP contribution in [0.5, 0.6) is 11.5 Å². The van der Waals surface area contributed by atoms with Crippen molar-refractivity contribution in [3.05, 3.63) is 42.0 Å². The number of ether oxygens (including phenoxy) is 2. The second-order valence-corrected chi connectivity index (χ2v) is 9.41. The van der Waals surface area contributed by atoms with Crippen molar-refractivity contribution < 1.29 is 14.6 Å². The van der Waals surface area contributed by atoms with Crippen LogP contribution in [-0.4, -0.2) is 70.4 Å². The fraction of sp³-hybridized carbons (Fsp3) is 0.625. The molecule has 0 spiro atoms. The smallest absolute Gasteiger partial charge is 0.161 e. The topological polar surface area (TPSA) is 73.9 Å². The van der Waals surface area contributed by atoms with Crippen LogP contribution in [0.4, 0.5) is 0 Å². The highest BCUT2D eigenvalue weighted by atomic mass is 16.5. The van der Waals surface area contributed by atoms with Gasteiger partial charge in [-0.1, -0.05) is 6.07 Å². The van der Waals surface area contributed by atoms with Crippen molar-refractivity contribution >= 4 is 0 Å². The zero-order valence-corrected chi connectivity index (χ0v) is 18.4. The van der Waals surface area contributed by atoms with Gasteiger partial charge in [-0.15, -0.1) is 0 Å². The van der Waals surface area contributed by atoms with E-state index >= 15 is 0 Å². The molecule has 1 aromatic heterocycles. The van der Waals surface area contributed by atoms with E-state index in [1.165, 1.54) is 31.5 Å². The Morgan fingerprint density at radius 2 is 1.87 bits per heavy atom. The van der Waals surface area contributed by atoms with Gasteiger partial charge >= 0.3 is 0 Å². The van der Waals surface area contributed by atoms with Crippen LogP contribution in [0.2, 0.25) is 0 Å². The third-order valence-corrected chi connectivity index (χ3v) is 7.20. The van der Waals surface area contributed by atoms with Crippen LogP contribution < -0.4 is 9.47 Å². The van der Waals surface area contributed by atoms with Gasteiger partial charge in [0.1, 0.15) is 11.9 Å². The maximum atomic E-state index is 10.8. The summed E-state index contributed by atoms with van der Waals surface area (Å²) in [5, 5.41) is 10.8. The average molecular weight is 427 g/mol. The minimum absolute atomic E-state index is 0.192. The Labute approximate surface area is 184 Å². The van der Waals surface area contributed by atoms with E-state index in [9.17, 15) is 5.11 Å². The number of nitrogens with one attached hydrogen (secondary N) is 1. The monoisotopic (exact) mass is 426 g/mol. The molecular weight excluding hydrogens is 392 g/mol. The zero-order chi connectivity index (χ0) is 21.2. The van der Waals surface area contributed by atoms with Crippen molar-refractivity contribution in [2.24, 2.45) is 11.8 Å². The van der Waals surface area contributed by atoms with E-state index in [0.29, 0.717) is 11.8 Å². The molecule has 2 aromatic rings. The lowest BCUT2D eigenvalue weighted by atomic mass is 9.78. The van der Waals surface area contributed by atoms with Crippen molar-refractivity contribution in [1.82, 2.24) is 19.8 Å². The SMILES string of the molecule is COc1cc(CN2CCCC2)ccc1O[C@@H]1C[C@@H]2CN(Cc3ncc[nH]3)C[C@@H]2C[C@H]1O. The van der Waals surface area contributed by atoms with Crippen LogP contribution in [0.3, 0.4) is 0 Å². The van der Waals surface area contributed by atoms with Crippen LogP contribution >= 0.6 is 0 Å². The molecule has 0 amide bonds. The van der Waals surface area contributed by atoms with Crippen molar-refractivity contribution in [2.75, 3.05) is 33.3 Å². The quantitative estimate of drug-likeness (QED) is 0.709. The normalized spacial score (nSPS) is 29.2. The highest BCUT2D eigenvalue weighted by molar-refractivity contribution is 5.43. The lowest BCUT2D eigenvalue weighted by molar-refractivity contribution is -0.0240. The summed E-state index contributed by atoms with van der Waals surface area (Å²) >= 11 is 0. The van der Waals surface area contributed by atoms with Crippen molar-refractivity contribution in [1.29, 1.82) is 0 Å². The molecule has 7 nitrogen and oxygen atoms in total. The Morgan fingerprint density at radius 1 is 1.06 bits per heavy atom. The van der Waals surface area contributed by atoms with Gasteiger partial charge in [0, 0.05) is 32.0 Å². The number of fused-ring (bicyclic) bond motifs is 1. The summed E-state index contributed by atoms with van der Waals surface area (Å²) in [6.07, 6.45) is 7.28. The summed E-state index contributed by atoms with van der Waals surface area (Å²) in [5.41, 5.74) is 1.25. The van der Waals surface area contributed by atoms with Crippen LogP contribution in [0.25, 0.3) is 0 Å². The van der Waals surface area contributed by atoms with Gasteiger partial charge in [0.15, 0.2) is 11.5 Å². The van der Waals surface area contributed by atoms with Crippen molar-refractivity contribution in [3.63, 3.8) is 0 Å². The molecule has 0 radical (unpaired) electrons. The molecule has 2 saturated heterocycles. The summed E-state index contributed by atoms with van der Waals surface area (Å²) in [6, 6.07) is 6.24. The molecule has 3 heterocycles. The Bertz CT molecular complexity index is 853. The first kappa shape index (κ1) is 20.8. The summed E-state index contributed by atoms with van der Waals surface area (Å²) < 4.78 is 12.0. The van der Waals surface area contributed by atoms with Gasteiger partial charge in [-0.05, 0) is 68.3 Å². The van der Waals surface area contributed by atoms with Crippen LogP contribution in [0.1, 0.15) is 37.1 Å². The van der Waals surface area contributed by atoms with E-state index < -0.39 is 6.10 Å². The number of H-pyrrole nitrogens is 1. The molecule has 168 valence electrons. The molecular formula is C24H34N4O3. The summed E-state index contributed by atoms with van der Waals surface area (Å²) in [6.45, 7) is 6.20. The maximum absolute atomic E-state index is 10.8. The number of aliphatic hydroxyl groups excluding tert-OH is 1. The first-order valence-electron chi connectivity index (χ1n) is 11.6. The van der Waals surface area contributed by atoms with Gasteiger partial charge in [-0.25, -0.2) is 4.98 Å². The Morgan fingerprint density at radius 3 is 2.61 bits per heavy atom. The number of aliphatic hydroxyl groups is 1. The Kier molecular flexibility index (Phi) is 6.16. The predicted molar refractivity (Wildman–Crippen MR) is 118 cm³/mol. The number of nitrogens with zero attached hydrogens (tertiary/aromatic N) is 3. The standard InChI is InChI=1S/C24H34N4O3/c1-30-23-10-17(13-27-8-2-3-9-27)4-5-21(23)31-22-12-19-15-28(14-18(19)11-20(22)29)16-24-25-6-7-26-24/h4-7,10,18-20,22,29H,2-3,8-9,11-16H2,1H3,(H,25,26)/t18-,19+,20+,22+/m0/s1.